The summed E-state index contributed by atoms with van der Waals surface area (Å²) in [6.45, 7) is 11.9. The van der Waals surface area contributed by atoms with Gasteiger partial charge in [-0.1, -0.05) is 42.2 Å². The number of hydrogen-bond donors (Lipinski definition) is 1. The van der Waals surface area contributed by atoms with Gasteiger partial charge in [0.15, 0.2) is 22.4 Å². The Morgan fingerprint density at radius 1 is 1.07 bits per heavy atom. The molecule has 0 aliphatic carbocycles. The smallest absolute Gasteiger partial charge is 0.301 e. The number of nitrogens with zero attached hydrogens (tertiary/aromatic N) is 4. The lowest BCUT2D eigenvalue weighted by Crippen LogP contribution is -2.29. The maximum Gasteiger partial charge on any atom is 0.301 e. The lowest BCUT2D eigenvalue weighted by Gasteiger charge is -2.24. The van der Waals surface area contributed by atoms with Crippen molar-refractivity contribution in [2.24, 2.45) is 0 Å². The van der Waals surface area contributed by atoms with Gasteiger partial charge in [-0.05, 0) is 74.7 Å². The lowest BCUT2D eigenvalue weighted by molar-refractivity contribution is -0.132. The second-order valence-electron chi connectivity index (χ2n) is 10.3. The molecule has 1 fully saturated rings. The van der Waals surface area contributed by atoms with Gasteiger partial charge >= 0.3 is 5.91 Å². The Kier molecular flexibility index (Phi) is 7.23. The summed E-state index contributed by atoms with van der Waals surface area (Å²) < 4.78 is 14.3. The summed E-state index contributed by atoms with van der Waals surface area (Å²) in [7, 11) is 0. The third-order valence-electron chi connectivity index (χ3n) is 7.34. The van der Waals surface area contributed by atoms with Crippen molar-refractivity contribution in [3.8, 4) is 11.5 Å². The number of amides is 1. The van der Waals surface area contributed by atoms with Crippen LogP contribution >= 0.6 is 11.3 Å². The number of aliphatic hydroxyl groups is 1. The number of imidazole rings is 1. The van der Waals surface area contributed by atoms with Crippen molar-refractivity contribution in [1.29, 1.82) is 0 Å². The van der Waals surface area contributed by atoms with Gasteiger partial charge in [-0.25, -0.2) is 9.97 Å². The van der Waals surface area contributed by atoms with Crippen LogP contribution < -0.4 is 14.4 Å². The van der Waals surface area contributed by atoms with Crippen molar-refractivity contribution in [3.63, 3.8) is 0 Å². The molecular weight excluding hydrogens is 564 g/mol. The number of pyridine rings is 1. The lowest BCUT2D eigenvalue weighted by atomic mass is 9.96. The quantitative estimate of drug-likeness (QED) is 0.0951. The van der Waals surface area contributed by atoms with Crippen LogP contribution in [-0.4, -0.2) is 44.4 Å². The zero-order chi connectivity index (χ0) is 30.4. The minimum absolute atomic E-state index is 0.0619. The summed E-state index contributed by atoms with van der Waals surface area (Å²) in [5.41, 5.74) is 4.74. The van der Waals surface area contributed by atoms with Gasteiger partial charge in [0.2, 0.25) is 0 Å². The van der Waals surface area contributed by atoms with E-state index in [-0.39, 0.29) is 17.9 Å². The number of aromatic nitrogens is 3. The van der Waals surface area contributed by atoms with Crippen LogP contribution in [0.3, 0.4) is 0 Å². The van der Waals surface area contributed by atoms with Crippen LogP contribution in [0, 0.1) is 20.8 Å². The van der Waals surface area contributed by atoms with Gasteiger partial charge in [0.05, 0.1) is 34.1 Å². The molecule has 3 aromatic heterocycles. The molecule has 6 rings (SSSR count). The average Bonchev–Trinajstić information content (AvgIpc) is 3.63. The van der Waals surface area contributed by atoms with Gasteiger partial charge in [-0.2, -0.15) is 0 Å². The summed E-state index contributed by atoms with van der Waals surface area (Å²) in [5.74, 6) is -0.984. The molecule has 218 valence electrons. The third kappa shape index (κ3) is 4.73. The third-order valence-corrected chi connectivity index (χ3v) is 8.34. The van der Waals surface area contributed by atoms with Gasteiger partial charge in [-0.15, -0.1) is 0 Å². The summed E-state index contributed by atoms with van der Waals surface area (Å²) >= 11 is 1.33. The molecule has 1 unspecified atom stereocenters. The second-order valence-corrected chi connectivity index (χ2v) is 11.3. The highest BCUT2D eigenvalue weighted by Crippen LogP contribution is 2.46. The predicted molar refractivity (Wildman–Crippen MR) is 167 cm³/mol. The summed E-state index contributed by atoms with van der Waals surface area (Å²) in [6, 6.07) is 13.7. The Morgan fingerprint density at radius 3 is 2.65 bits per heavy atom. The molecule has 1 amide bonds. The van der Waals surface area contributed by atoms with E-state index in [1.807, 2.05) is 51.1 Å². The Bertz CT molecular complexity index is 1970. The molecule has 1 saturated heterocycles. The molecule has 9 nitrogen and oxygen atoms in total. The molecule has 0 saturated carbocycles. The fraction of sp³-hybridized carbons (Fsp3) is 0.212. The van der Waals surface area contributed by atoms with Crippen LogP contribution in [0.2, 0.25) is 0 Å². The zero-order valence-corrected chi connectivity index (χ0v) is 25.1. The highest BCUT2D eigenvalue weighted by atomic mass is 32.1. The van der Waals surface area contributed by atoms with Gasteiger partial charge in [0.25, 0.3) is 5.78 Å². The maximum atomic E-state index is 13.9. The van der Waals surface area contributed by atoms with Crippen LogP contribution in [0.15, 0.2) is 73.0 Å². The molecule has 5 aromatic rings. The van der Waals surface area contributed by atoms with Crippen molar-refractivity contribution in [2.75, 3.05) is 18.1 Å². The first-order chi connectivity index (χ1) is 20.7. The number of Topliss-reactive ketones (excluding diaryl/α,β-unsaturated/α-hetero) is 1. The van der Waals surface area contributed by atoms with Crippen LogP contribution in [-0.2, 0) is 9.59 Å². The fourth-order valence-electron chi connectivity index (χ4n) is 5.56. The number of aliphatic hydroxyl groups excluding tert-OH is 1. The van der Waals surface area contributed by atoms with Crippen molar-refractivity contribution in [1.82, 2.24) is 14.4 Å². The van der Waals surface area contributed by atoms with E-state index in [0.717, 1.165) is 21.3 Å². The second kappa shape index (κ2) is 11.0. The zero-order valence-electron chi connectivity index (χ0n) is 24.2. The minimum atomic E-state index is -0.997. The molecule has 1 aliphatic rings. The number of fused-ring (bicyclic) bond motifs is 2. The van der Waals surface area contributed by atoms with Gasteiger partial charge < -0.3 is 14.6 Å². The van der Waals surface area contributed by atoms with Crippen LogP contribution in [0.5, 0.6) is 11.5 Å². The Hall–Kier alpha value is -4.96. The van der Waals surface area contributed by atoms with E-state index in [9.17, 15) is 14.7 Å². The van der Waals surface area contributed by atoms with Crippen LogP contribution in [0.1, 0.15) is 41.0 Å². The number of carbonyl (C=O) groups is 2. The first kappa shape index (κ1) is 28.2. The van der Waals surface area contributed by atoms with Crippen molar-refractivity contribution < 1.29 is 24.2 Å². The van der Waals surface area contributed by atoms with E-state index in [0.29, 0.717) is 45.8 Å². The minimum Gasteiger partial charge on any atom is -0.505 e. The molecule has 43 heavy (non-hydrogen) atoms. The molecule has 10 heteroatoms. The molecule has 4 heterocycles. The van der Waals surface area contributed by atoms with E-state index < -0.39 is 17.7 Å². The number of anilines is 1. The van der Waals surface area contributed by atoms with Crippen LogP contribution in [0.4, 0.5) is 5.13 Å². The van der Waals surface area contributed by atoms with Crippen molar-refractivity contribution in [3.05, 3.63) is 101 Å². The number of ether oxygens (including phenoxy) is 2. The monoisotopic (exact) mass is 594 g/mol. The summed E-state index contributed by atoms with van der Waals surface area (Å²) in [5, 5.41) is 12.2. The standard InChI is InChI=1S/C33H30N4O5S/c1-6-14-42-22-12-11-21(17-23(22)41-7-2)29-26(30(38)28-20(5)34-25-10-8-9-13-36(25)28)31(39)32(40)37(29)33-35-27-19(4)15-18(3)16-24(27)43-33/h6,8-13,15-17,29,38H,1,7,14H2,2-5H3. The molecule has 1 aliphatic heterocycles. The predicted octanol–water partition coefficient (Wildman–Crippen LogP) is 6.46. The molecular formula is C33H30N4O5S. The van der Waals surface area contributed by atoms with Gasteiger partial charge in [-0.3, -0.25) is 18.9 Å². The Balaban J connectivity index is 1.61. The van der Waals surface area contributed by atoms with E-state index in [1.165, 1.54) is 16.2 Å². The number of rotatable bonds is 8. The molecule has 2 aromatic carbocycles. The molecule has 1 N–H and O–H groups in total. The van der Waals surface area contributed by atoms with Crippen molar-refractivity contribution in [2.45, 2.75) is 33.7 Å². The number of carbonyl (C=O) groups excluding carboxylic acids is 2. The topological polar surface area (TPSA) is 106 Å². The number of hydrogen-bond acceptors (Lipinski definition) is 8. The summed E-state index contributed by atoms with van der Waals surface area (Å²) in [4.78, 5) is 38.5. The number of aryl methyl sites for hydroxylation is 3. The molecule has 0 bridgehead atoms. The van der Waals surface area contributed by atoms with E-state index >= 15 is 0 Å². The molecule has 1 atom stereocenters. The Labute approximate surface area is 252 Å². The highest BCUT2D eigenvalue weighted by molar-refractivity contribution is 7.22. The average molecular weight is 595 g/mol. The number of ketones is 1. The first-order valence-electron chi connectivity index (χ1n) is 13.9. The fourth-order valence-corrected chi connectivity index (χ4v) is 6.73. The van der Waals surface area contributed by atoms with Crippen molar-refractivity contribution >= 4 is 49.8 Å². The Morgan fingerprint density at radius 2 is 1.88 bits per heavy atom. The molecule has 0 spiro atoms. The van der Waals surface area contributed by atoms with E-state index in [1.54, 1.807) is 41.8 Å². The van der Waals surface area contributed by atoms with E-state index in [2.05, 4.69) is 11.6 Å². The normalized spacial score (nSPS) is 16.4. The van der Waals surface area contributed by atoms with Gasteiger partial charge in [0, 0.05) is 6.20 Å². The SMILES string of the molecule is C=CCOc1ccc(C2C(=C(O)c3c(C)nc4ccccn34)C(=O)C(=O)N2c2nc3c(C)cc(C)cc3s2)cc1OCC. The number of benzene rings is 2. The largest absolute Gasteiger partial charge is 0.505 e. The van der Waals surface area contributed by atoms with Gasteiger partial charge in [0.1, 0.15) is 17.9 Å². The number of thiazole rings is 1. The summed E-state index contributed by atoms with van der Waals surface area (Å²) in [6.07, 6.45) is 3.39. The van der Waals surface area contributed by atoms with Crippen LogP contribution in [0.25, 0.3) is 21.6 Å². The van der Waals surface area contributed by atoms with E-state index in [4.69, 9.17) is 14.5 Å². The maximum absolute atomic E-state index is 13.9. The highest BCUT2D eigenvalue weighted by Gasteiger charge is 2.49. The molecule has 0 radical (unpaired) electrons. The first-order valence-corrected chi connectivity index (χ1v) is 14.7.